The first-order chi connectivity index (χ1) is 16.4. The zero-order valence-electron chi connectivity index (χ0n) is 19.5. The number of carbonyl (C=O) groups is 1. The highest BCUT2D eigenvalue weighted by atomic mass is 32.2. The first-order valence-corrected chi connectivity index (χ1v) is 13.0. The molecular weight excluding hydrogens is 448 g/mol. The fourth-order valence-corrected chi connectivity index (χ4v) is 6.32. The van der Waals surface area contributed by atoms with E-state index in [4.69, 9.17) is 4.74 Å². The number of piperidine rings is 1. The summed E-state index contributed by atoms with van der Waals surface area (Å²) < 4.78 is 34.0. The number of amides is 1. The summed E-state index contributed by atoms with van der Waals surface area (Å²) >= 11 is 0. The molecular formula is C27H30N2O4S. The number of ether oxygens (including phenoxy) is 1. The Hall–Kier alpha value is -3.16. The Morgan fingerprint density at radius 3 is 2.15 bits per heavy atom. The van der Waals surface area contributed by atoms with Crippen molar-refractivity contribution in [1.82, 2.24) is 9.62 Å². The van der Waals surface area contributed by atoms with Gasteiger partial charge in [0.25, 0.3) is 5.91 Å². The van der Waals surface area contributed by atoms with Gasteiger partial charge in [-0.1, -0.05) is 67.1 Å². The van der Waals surface area contributed by atoms with Crippen molar-refractivity contribution in [3.05, 3.63) is 95.6 Å². The maximum absolute atomic E-state index is 13.5. The number of hydrogen-bond donors (Lipinski definition) is 1. The van der Waals surface area contributed by atoms with E-state index in [1.54, 1.807) is 12.1 Å². The van der Waals surface area contributed by atoms with E-state index in [-0.39, 0.29) is 34.2 Å². The molecule has 0 aliphatic carbocycles. The van der Waals surface area contributed by atoms with Crippen molar-refractivity contribution in [2.24, 2.45) is 0 Å². The van der Waals surface area contributed by atoms with Gasteiger partial charge in [0.2, 0.25) is 10.0 Å². The summed E-state index contributed by atoms with van der Waals surface area (Å²) in [5, 5.41) is 3.08. The van der Waals surface area contributed by atoms with Crippen LogP contribution < -0.4 is 10.1 Å². The van der Waals surface area contributed by atoms with E-state index in [0.717, 1.165) is 30.4 Å². The largest absolute Gasteiger partial charge is 0.495 e. The van der Waals surface area contributed by atoms with E-state index in [1.165, 1.54) is 17.5 Å². The maximum atomic E-state index is 13.5. The van der Waals surface area contributed by atoms with Gasteiger partial charge >= 0.3 is 0 Å². The van der Waals surface area contributed by atoms with Gasteiger partial charge in [-0.2, -0.15) is 4.31 Å². The maximum Gasteiger partial charge on any atom is 0.252 e. The molecule has 178 valence electrons. The fourth-order valence-electron chi connectivity index (χ4n) is 4.44. The van der Waals surface area contributed by atoms with E-state index >= 15 is 0 Å². The molecule has 7 heteroatoms. The average molecular weight is 479 g/mol. The first kappa shape index (κ1) is 24.0. The molecule has 1 fully saturated rings. The van der Waals surface area contributed by atoms with E-state index < -0.39 is 10.0 Å². The Morgan fingerprint density at radius 1 is 0.971 bits per heavy atom. The molecule has 1 amide bonds. The summed E-state index contributed by atoms with van der Waals surface area (Å²) in [4.78, 5) is 13.4. The Balaban J connectivity index is 1.68. The monoisotopic (exact) mass is 478 g/mol. The van der Waals surface area contributed by atoms with Gasteiger partial charge in [-0.05, 0) is 49.1 Å². The van der Waals surface area contributed by atoms with Gasteiger partial charge in [0.15, 0.2) is 0 Å². The number of nitrogens with zero attached hydrogens (tertiary/aromatic N) is 1. The van der Waals surface area contributed by atoms with Crippen LogP contribution in [0.3, 0.4) is 0 Å². The molecule has 3 aromatic carbocycles. The molecule has 1 unspecified atom stereocenters. The van der Waals surface area contributed by atoms with Gasteiger partial charge < -0.3 is 10.1 Å². The van der Waals surface area contributed by atoms with Crippen LogP contribution in [0, 0.1) is 0 Å². The minimum atomic E-state index is -3.81. The molecule has 1 atom stereocenters. The molecule has 0 aromatic heterocycles. The van der Waals surface area contributed by atoms with Crippen LogP contribution in [0.1, 0.15) is 53.7 Å². The molecule has 0 spiro atoms. The summed E-state index contributed by atoms with van der Waals surface area (Å²) in [7, 11) is -2.38. The molecule has 1 aliphatic heterocycles. The molecule has 1 saturated heterocycles. The molecule has 1 N–H and O–H groups in total. The lowest BCUT2D eigenvalue weighted by atomic mass is 9.98. The van der Waals surface area contributed by atoms with Gasteiger partial charge in [-0.25, -0.2) is 8.42 Å². The normalized spacial score (nSPS) is 16.9. The minimum Gasteiger partial charge on any atom is -0.495 e. The molecule has 1 heterocycles. The van der Waals surface area contributed by atoms with Crippen molar-refractivity contribution in [1.29, 1.82) is 0 Å². The smallest absolute Gasteiger partial charge is 0.252 e. The fraction of sp³-hybridized carbons (Fsp3) is 0.296. The predicted molar refractivity (Wildman–Crippen MR) is 132 cm³/mol. The average Bonchev–Trinajstić information content (AvgIpc) is 2.88. The Labute approximate surface area is 201 Å². The van der Waals surface area contributed by atoms with Crippen molar-refractivity contribution < 1.29 is 17.9 Å². The van der Waals surface area contributed by atoms with Crippen LogP contribution in [0.5, 0.6) is 5.75 Å². The summed E-state index contributed by atoms with van der Waals surface area (Å²) in [6, 6.07) is 23.5. The van der Waals surface area contributed by atoms with Crippen LogP contribution in [0.4, 0.5) is 0 Å². The Morgan fingerprint density at radius 2 is 1.59 bits per heavy atom. The zero-order chi connectivity index (χ0) is 24.1. The van der Waals surface area contributed by atoms with E-state index in [9.17, 15) is 13.2 Å². The van der Waals surface area contributed by atoms with Gasteiger partial charge in [0.05, 0.1) is 13.2 Å². The van der Waals surface area contributed by atoms with Gasteiger partial charge in [0, 0.05) is 18.2 Å². The van der Waals surface area contributed by atoms with Crippen molar-refractivity contribution in [2.45, 2.75) is 43.2 Å². The third kappa shape index (κ3) is 5.00. The lowest BCUT2D eigenvalue weighted by Crippen LogP contribution is -2.42. The number of sulfonamides is 1. The van der Waals surface area contributed by atoms with Crippen molar-refractivity contribution >= 4 is 15.9 Å². The van der Waals surface area contributed by atoms with Crippen LogP contribution in [0.25, 0.3) is 0 Å². The summed E-state index contributed by atoms with van der Waals surface area (Å²) in [6.07, 6.45) is 2.65. The van der Waals surface area contributed by atoms with Gasteiger partial charge in [-0.3, -0.25) is 4.79 Å². The molecule has 0 saturated carbocycles. The molecule has 34 heavy (non-hydrogen) atoms. The van der Waals surface area contributed by atoms with Crippen LogP contribution in [0.15, 0.2) is 83.8 Å². The van der Waals surface area contributed by atoms with Crippen molar-refractivity contribution in [3.8, 4) is 5.75 Å². The molecule has 0 radical (unpaired) electrons. The quantitative estimate of drug-likeness (QED) is 0.530. The Bertz CT molecular complexity index is 1190. The van der Waals surface area contributed by atoms with Gasteiger partial charge in [0.1, 0.15) is 10.6 Å². The number of nitrogens with one attached hydrogen (secondary N) is 1. The molecule has 0 bridgehead atoms. The van der Waals surface area contributed by atoms with E-state index in [2.05, 4.69) is 5.32 Å². The summed E-state index contributed by atoms with van der Waals surface area (Å²) in [5.74, 6) is -0.125. The highest BCUT2D eigenvalue weighted by Crippen LogP contribution is 2.32. The predicted octanol–water partition coefficient (Wildman–Crippen LogP) is 4.78. The summed E-state index contributed by atoms with van der Waals surface area (Å²) in [5.41, 5.74) is 2.14. The van der Waals surface area contributed by atoms with Crippen molar-refractivity contribution in [2.75, 3.05) is 13.7 Å². The van der Waals surface area contributed by atoms with Crippen LogP contribution in [0.2, 0.25) is 0 Å². The lowest BCUT2D eigenvalue weighted by molar-refractivity contribution is 0.0942. The second-order valence-electron chi connectivity index (χ2n) is 8.55. The second-order valence-corrected chi connectivity index (χ2v) is 10.4. The molecule has 1 aliphatic rings. The van der Waals surface area contributed by atoms with E-state index in [0.29, 0.717) is 6.54 Å². The highest BCUT2D eigenvalue weighted by Gasteiger charge is 2.33. The third-order valence-corrected chi connectivity index (χ3v) is 8.33. The van der Waals surface area contributed by atoms with Crippen LogP contribution >= 0.6 is 0 Å². The SMILES string of the molecule is COc1ccc(C(=O)NC(c2ccccc2)c2ccccc2)cc1S(=O)(=O)N1CCCCC1C. The molecule has 4 rings (SSSR count). The Kier molecular flexibility index (Phi) is 7.34. The zero-order valence-corrected chi connectivity index (χ0v) is 20.3. The topological polar surface area (TPSA) is 75.7 Å². The minimum absolute atomic E-state index is 0.0207. The summed E-state index contributed by atoms with van der Waals surface area (Å²) in [6.45, 7) is 2.39. The van der Waals surface area contributed by atoms with Crippen molar-refractivity contribution in [3.63, 3.8) is 0 Å². The molecule has 3 aromatic rings. The number of rotatable bonds is 7. The standard InChI is InChI=1S/C27H30N2O4S/c1-20-11-9-10-18-29(20)34(31,32)25-19-23(16-17-24(25)33-2)27(30)28-26(21-12-5-3-6-13-21)22-14-7-4-8-15-22/h3-8,12-17,19-20,26H,9-11,18H2,1-2H3,(H,28,30). The number of hydrogen-bond acceptors (Lipinski definition) is 4. The van der Waals surface area contributed by atoms with Gasteiger partial charge in [-0.15, -0.1) is 0 Å². The lowest BCUT2D eigenvalue weighted by Gasteiger charge is -2.32. The van der Waals surface area contributed by atoms with Crippen LogP contribution in [-0.4, -0.2) is 38.3 Å². The third-order valence-electron chi connectivity index (χ3n) is 6.30. The highest BCUT2D eigenvalue weighted by molar-refractivity contribution is 7.89. The number of methoxy groups -OCH3 is 1. The molecule has 6 nitrogen and oxygen atoms in total. The number of carbonyl (C=O) groups excluding carboxylic acids is 1. The second kappa shape index (κ2) is 10.4. The van der Waals surface area contributed by atoms with E-state index in [1.807, 2.05) is 67.6 Å². The van der Waals surface area contributed by atoms with Crippen LogP contribution in [-0.2, 0) is 10.0 Å². The first-order valence-electron chi connectivity index (χ1n) is 11.5. The number of benzene rings is 3.